The van der Waals surface area contributed by atoms with Crippen LogP contribution in [0.3, 0.4) is 0 Å². The van der Waals surface area contributed by atoms with Crippen LogP contribution in [-0.2, 0) is 0 Å². The van der Waals surface area contributed by atoms with Crippen LogP contribution in [-0.4, -0.2) is 25.2 Å². The van der Waals surface area contributed by atoms with Gasteiger partial charge < -0.3 is 10.2 Å². The molecule has 2 rings (SSSR count). The molecule has 0 aliphatic carbocycles. The number of anilines is 1. The summed E-state index contributed by atoms with van der Waals surface area (Å²) in [6.45, 7) is 6.62. The molecule has 1 fully saturated rings. The molecule has 1 saturated heterocycles. The van der Waals surface area contributed by atoms with Gasteiger partial charge in [0, 0.05) is 35.3 Å². The molecule has 0 aromatic heterocycles. The average Bonchev–Trinajstić information content (AvgIpc) is 2.41. The Morgan fingerprint density at radius 1 is 1.39 bits per heavy atom. The monoisotopic (exact) mass is 330 g/mol. The van der Waals surface area contributed by atoms with E-state index in [9.17, 15) is 0 Å². The smallest absolute Gasteiger partial charge is 0.0549 e. The van der Waals surface area contributed by atoms with Crippen molar-refractivity contribution in [2.75, 3.05) is 18.0 Å². The van der Waals surface area contributed by atoms with Gasteiger partial charge in [-0.2, -0.15) is 0 Å². The van der Waals surface area contributed by atoms with Gasteiger partial charge >= 0.3 is 0 Å². The van der Waals surface area contributed by atoms with Crippen LogP contribution in [0, 0.1) is 0 Å². The van der Waals surface area contributed by atoms with E-state index < -0.39 is 0 Å². The molecule has 2 nitrogen and oxygen atoms in total. The highest BCUT2D eigenvalue weighted by atomic mass is 79.9. The lowest BCUT2D eigenvalue weighted by Crippen LogP contribution is -2.56. The highest BCUT2D eigenvalue weighted by Crippen LogP contribution is 2.30. The van der Waals surface area contributed by atoms with Crippen LogP contribution in [0.4, 0.5) is 5.69 Å². The maximum Gasteiger partial charge on any atom is 0.0549 e. The molecule has 0 amide bonds. The average molecular weight is 332 g/mol. The normalized spacial score (nSPS) is 24.3. The lowest BCUT2D eigenvalue weighted by molar-refractivity contribution is 0.379. The zero-order valence-corrected chi connectivity index (χ0v) is 13.3. The molecule has 1 aromatic rings. The van der Waals surface area contributed by atoms with Crippen molar-refractivity contribution in [2.45, 2.75) is 38.8 Å². The van der Waals surface area contributed by atoms with Gasteiger partial charge in [-0.05, 0) is 47.0 Å². The molecule has 1 aliphatic heterocycles. The number of rotatable bonds is 3. The minimum absolute atomic E-state index is 0.570. The largest absolute Gasteiger partial charge is 0.366 e. The topological polar surface area (TPSA) is 15.3 Å². The van der Waals surface area contributed by atoms with Crippen LogP contribution >= 0.6 is 27.5 Å². The summed E-state index contributed by atoms with van der Waals surface area (Å²) in [4.78, 5) is 2.51. The Hall–Kier alpha value is -0.250. The molecule has 0 radical (unpaired) electrons. The number of hydrogen-bond donors (Lipinski definition) is 1. The van der Waals surface area contributed by atoms with Gasteiger partial charge in [-0.3, -0.25) is 0 Å². The van der Waals surface area contributed by atoms with E-state index in [0.717, 1.165) is 29.0 Å². The van der Waals surface area contributed by atoms with Crippen LogP contribution in [0.1, 0.15) is 26.7 Å². The standard InChI is InChI=1S/C14H20BrClN2/c1-3-10-9-18(11(4-2)8-17-10)12-5-6-14(16)13(15)7-12/h5-7,10-11,17H,3-4,8-9H2,1-2H3. The van der Waals surface area contributed by atoms with Crippen LogP contribution in [0.25, 0.3) is 0 Å². The van der Waals surface area contributed by atoms with Crippen molar-refractivity contribution in [3.63, 3.8) is 0 Å². The number of piperazine rings is 1. The minimum atomic E-state index is 0.570. The Morgan fingerprint density at radius 2 is 2.17 bits per heavy atom. The first-order valence-corrected chi connectivity index (χ1v) is 7.77. The molecule has 1 aromatic carbocycles. The summed E-state index contributed by atoms with van der Waals surface area (Å²) in [7, 11) is 0. The molecule has 0 bridgehead atoms. The van der Waals surface area contributed by atoms with E-state index in [2.05, 4.69) is 52.1 Å². The Bertz CT molecular complexity index is 411. The van der Waals surface area contributed by atoms with Crippen molar-refractivity contribution in [2.24, 2.45) is 0 Å². The molecular formula is C14H20BrClN2. The molecule has 100 valence electrons. The number of benzene rings is 1. The van der Waals surface area contributed by atoms with E-state index >= 15 is 0 Å². The molecular weight excluding hydrogens is 312 g/mol. The third kappa shape index (κ3) is 3.01. The van der Waals surface area contributed by atoms with Gasteiger partial charge in [0.1, 0.15) is 0 Å². The van der Waals surface area contributed by atoms with Crippen molar-refractivity contribution in [1.82, 2.24) is 5.32 Å². The molecule has 1 heterocycles. The predicted octanol–water partition coefficient (Wildman–Crippen LogP) is 4.07. The highest BCUT2D eigenvalue weighted by molar-refractivity contribution is 9.10. The first-order valence-electron chi connectivity index (χ1n) is 6.60. The zero-order chi connectivity index (χ0) is 13.1. The molecule has 1 aliphatic rings. The second-order valence-electron chi connectivity index (χ2n) is 4.83. The molecule has 18 heavy (non-hydrogen) atoms. The van der Waals surface area contributed by atoms with Gasteiger partial charge in [-0.25, -0.2) is 0 Å². The summed E-state index contributed by atoms with van der Waals surface area (Å²) in [5.74, 6) is 0. The molecule has 0 saturated carbocycles. The maximum atomic E-state index is 6.07. The van der Waals surface area contributed by atoms with Crippen molar-refractivity contribution in [3.8, 4) is 0 Å². The summed E-state index contributed by atoms with van der Waals surface area (Å²) in [5.41, 5.74) is 1.26. The van der Waals surface area contributed by atoms with E-state index in [0.29, 0.717) is 12.1 Å². The van der Waals surface area contributed by atoms with E-state index in [1.165, 1.54) is 12.1 Å². The fourth-order valence-corrected chi connectivity index (χ4v) is 2.97. The highest BCUT2D eigenvalue weighted by Gasteiger charge is 2.26. The fraction of sp³-hybridized carbons (Fsp3) is 0.571. The number of hydrogen-bond acceptors (Lipinski definition) is 2. The van der Waals surface area contributed by atoms with Crippen LogP contribution in [0.15, 0.2) is 22.7 Å². The van der Waals surface area contributed by atoms with Crippen LogP contribution in [0.5, 0.6) is 0 Å². The van der Waals surface area contributed by atoms with Crippen LogP contribution in [0.2, 0.25) is 5.02 Å². The van der Waals surface area contributed by atoms with Crippen molar-refractivity contribution >= 4 is 33.2 Å². The second kappa shape index (κ2) is 6.27. The summed E-state index contributed by atoms with van der Waals surface area (Å²) >= 11 is 9.58. The molecule has 1 N–H and O–H groups in total. The van der Waals surface area contributed by atoms with Gasteiger partial charge in [0.2, 0.25) is 0 Å². The minimum Gasteiger partial charge on any atom is -0.366 e. The lowest BCUT2D eigenvalue weighted by atomic mass is 10.0. The third-order valence-electron chi connectivity index (χ3n) is 3.70. The van der Waals surface area contributed by atoms with E-state index in [1.807, 2.05) is 6.07 Å². The Morgan fingerprint density at radius 3 is 2.78 bits per heavy atom. The van der Waals surface area contributed by atoms with Crippen molar-refractivity contribution < 1.29 is 0 Å². The lowest BCUT2D eigenvalue weighted by Gasteiger charge is -2.41. The Labute approximate surface area is 123 Å². The Kier molecular flexibility index (Phi) is 4.93. The number of nitrogens with zero attached hydrogens (tertiary/aromatic N) is 1. The van der Waals surface area contributed by atoms with E-state index in [1.54, 1.807) is 0 Å². The maximum absolute atomic E-state index is 6.07. The second-order valence-corrected chi connectivity index (χ2v) is 6.09. The Balaban J connectivity index is 2.23. The first-order chi connectivity index (χ1) is 8.65. The molecule has 4 heteroatoms. The van der Waals surface area contributed by atoms with E-state index in [-0.39, 0.29) is 0 Å². The van der Waals surface area contributed by atoms with Gasteiger partial charge in [0.25, 0.3) is 0 Å². The molecule has 0 spiro atoms. The van der Waals surface area contributed by atoms with Crippen molar-refractivity contribution in [3.05, 3.63) is 27.7 Å². The third-order valence-corrected chi connectivity index (χ3v) is 4.91. The summed E-state index contributed by atoms with van der Waals surface area (Å²) < 4.78 is 0.975. The van der Waals surface area contributed by atoms with Gasteiger partial charge in [-0.15, -0.1) is 0 Å². The summed E-state index contributed by atoms with van der Waals surface area (Å²) in [5, 5.41) is 4.39. The first kappa shape index (κ1) is 14.2. The SMILES string of the molecule is CCC1CN(c2ccc(Cl)c(Br)c2)C(CC)CN1. The molecule has 2 unspecified atom stereocenters. The van der Waals surface area contributed by atoms with Crippen molar-refractivity contribution in [1.29, 1.82) is 0 Å². The van der Waals surface area contributed by atoms with Gasteiger partial charge in [-0.1, -0.05) is 25.4 Å². The number of halogens is 2. The summed E-state index contributed by atoms with van der Waals surface area (Å²) in [6, 6.07) is 7.37. The molecule has 2 atom stereocenters. The summed E-state index contributed by atoms with van der Waals surface area (Å²) in [6.07, 6.45) is 2.32. The predicted molar refractivity (Wildman–Crippen MR) is 82.7 cm³/mol. The fourth-order valence-electron chi connectivity index (χ4n) is 2.48. The van der Waals surface area contributed by atoms with E-state index in [4.69, 9.17) is 11.6 Å². The van der Waals surface area contributed by atoms with Crippen LogP contribution < -0.4 is 10.2 Å². The zero-order valence-electron chi connectivity index (χ0n) is 10.9. The number of nitrogens with one attached hydrogen (secondary N) is 1. The van der Waals surface area contributed by atoms with Gasteiger partial charge in [0.05, 0.1) is 5.02 Å². The van der Waals surface area contributed by atoms with Gasteiger partial charge in [0.15, 0.2) is 0 Å². The quantitative estimate of drug-likeness (QED) is 0.898.